The summed E-state index contributed by atoms with van der Waals surface area (Å²) in [6.07, 6.45) is 42.2. The first-order valence-electron chi connectivity index (χ1n) is 20.6. The maximum atomic E-state index is 12.6. The zero-order valence-corrected chi connectivity index (χ0v) is 35.1. The Hall–Kier alpha value is -2.89. The first kappa shape index (κ1) is 53.1. The van der Waals surface area contributed by atoms with Crippen molar-refractivity contribution in [3.05, 3.63) is 85.1 Å². The van der Waals surface area contributed by atoms with Crippen molar-refractivity contribution in [1.29, 1.82) is 0 Å². The van der Waals surface area contributed by atoms with Crippen LogP contribution < -0.4 is 0 Å². The Kier molecular flexibility index (Phi) is 36.9. The third-order valence-corrected chi connectivity index (χ3v) is 9.14. The van der Waals surface area contributed by atoms with Gasteiger partial charge in [-0.1, -0.05) is 112 Å². The molecule has 0 saturated carbocycles. The fourth-order valence-corrected chi connectivity index (χ4v) is 5.58. The topological polar surface area (TPSA) is 169 Å². The molecule has 4 N–H and O–H groups in total. The fraction of sp³-hybridized carbons (Fsp3) is 0.636. The molecular formula is C44H73O11P. The van der Waals surface area contributed by atoms with E-state index in [-0.39, 0.29) is 25.6 Å². The number of aliphatic hydroxyl groups is 3. The monoisotopic (exact) mass is 808 g/mol. The molecule has 0 aromatic carbocycles. The van der Waals surface area contributed by atoms with E-state index in [2.05, 4.69) is 84.4 Å². The smallest absolute Gasteiger partial charge is 0.462 e. The minimum Gasteiger partial charge on any atom is -0.462 e. The molecule has 11 nitrogen and oxygen atoms in total. The lowest BCUT2D eigenvalue weighted by Crippen LogP contribution is -2.29. The fourth-order valence-electron chi connectivity index (χ4n) is 4.79. The van der Waals surface area contributed by atoms with Gasteiger partial charge in [-0.25, -0.2) is 4.57 Å². The van der Waals surface area contributed by atoms with Gasteiger partial charge in [-0.05, 0) is 96.3 Å². The van der Waals surface area contributed by atoms with Crippen molar-refractivity contribution in [3.8, 4) is 0 Å². The highest BCUT2D eigenvalue weighted by molar-refractivity contribution is 7.47. The van der Waals surface area contributed by atoms with Crippen LogP contribution in [0.1, 0.15) is 136 Å². The molecule has 0 radical (unpaired) electrons. The molecule has 56 heavy (non-hydrogen) atoms. The molecular weight excluding hydrogens is 735 g/mol. The highest BCUT2D eigenvalue weighted by Gasteiger charge is 2.27. The van der Waals surface area contributed by atoms with E-state index in [0.717, 1.165) is 70.6 Å². The summed E-state index contributed by atoms with van der Waals surface area (Å²) in [6.45, 7) is 1.92. The van der Waals surface area contributed by atoms with Crippen LogP contribution in [0, 0.1) is 0 Å². The van der Waals surface area contributed by atoms with Crippen molar-refractivity contribution < 1.29 is 52.9 Å². The molecule has 0 aromatic heterocycles. The second-order valence-electron chi connectivity index (χ2n) is 13.4. The van der Waals surface area contributed by atoms with E-state index < -0.39 is 51.8 Å². The molecule has 0 aliphatic carbocycles. The van der Waals surface area contributed by atoms with Crippen LogP contribution in [0.25, 0.3) is 0 Å². The second kappa shape index (κ2) is 39.0. The lowest BCUT2D eigenvalue weighted by atomic mass is 10.1. The van der Waals surface area contributed by atoms with E-state index >= 15 is 0 Å². The number of carbonyl (C=O) groups excluding carboxylic acids is 2. The van der Waals surface area contributed by atoms with Crippen molar-refractivity contribution in [3.63, 3.8) is 0 Å². The van der Waals surface area contributed by atoms with Gasteiger partial charge in [-0.2, -0.15) is 0 Å². The Bertz CT molecular complexity index is 1220. The SMILES string of the molecule is CCCCC/C=C\C/C=C\C/C=C\CCCCC(=O)OC[C@H](COP(=O)(O)OC[C@@H](O)CO)OC(=O)CCC/C=C\C/C=C\C/C=C\C/C=C\CC[C@H](O)CC. The standard InChI is InChI=1S/C44H73O11P/c1-3-5-6-7-8-9-10-11-12-16-19-22-25-28-31-34-43(48)52-38-42(39-54-56(50,51)53-37-41(47)36-45)55-44(49)35-32-29-26-23-20-17-14-13-15-18-21-24-27-30-33-40(46)4-2/h8-9,11-12,14-15,17-19,22-24,26-27,40-42,45-47H,3-7,10,13,16,20-21,25,28-39H2,1-2H3,(H,50,51)/b9-8-,12-11-,17-14-,18-15-,22-19-,26-23-,27-24-/t40-,41+,42-/m1/s1. The van der Waals surface area contributed by atoms with Crippen LogP contribution in [0.3, 0.4) is 0 Å². The Balaban J connectivity index is 4.53. The summed E-state index contributed by atoms with van der Waals surface area (Å²) in [5.41, 5.74) is 0. The highest BCUT2D eigenvalue weighted by Crippen LogP contribution is 2.43. The second-order valence-corrected chi connectivity index (χ2v) is 14.9. The van der Waals surface area contributed by atoms with Crippen molar-refractivity contribution >= 4 is 19.8 Å². The Morgan fingerprint density at radius 1 is 0.571 bits per heavy atom. The number of hydrogen-bond donors (Lipinski definition) is 4. The number of ether oxygens (including phenoxy) is 2. The molecule has 0 amide bonds. The lowest BCUT2D eigenvalue weighted by molar-refractivity contribution is -0.161. The molecule has 0 fully saturated rings. The van der Waals surface area contributed by atoms with Crippen LogP contribution in [-0.4, -0.2) is 76.9 Å². The molecule has 320 valence electrons. The van der Waals surface area contributed by atoms with Gasteiger partial charge in [-0.3, -0.25) is 18.6 Å². The van der Waals surface area contributed by atoms with Gasteiger partial charge in [0.25, 0.3) is 0 Å². The normalized spacial score (nSPS) is 15.3. The van der Waals surface area contributed by atoms with Gasteiger partial charge in [0.15, 0.2) is 6.10 Å². The molecule has 1 unspecified atom stereocenters. The summed E-state index contributed by atoms with van der Waals surface area (Å²) in [5.74, 6) is -1.06. The third-order valence-electron chi connectivity index (χ3n) is 8.19. The number of carbonyl (C=O) groups is 2. The van der Waals surface area contributed by atoms with Crippen molar-refractivity contribution in [2.45, 2.75) is 154 Å². The number of phosphoric acid groups is 1. The van der Waals surface area contributed by atoms with Crippen molar-refractivity contribution in [2.24, 2.45) is 0 Å². The molecule has 0 saturated heterocycles. The van der Waals surface area contributed by atoms with Crippen LogP contribution in [0.4, 0.5) is 0 Å². The molecule has 0 bridgehead atoms. The first-order chi connectivity index (χ1) is 27.1. The number of unbranched alkanes of at least 4 members (excludes halogenated alkanes) is 6. The summed E-state index contributed by atoms with van der Waals surface area (Å²) in [5, 5.41) is 27.9. The van der Waals surface area contributed by atoms with Crippen LogP contribution in [0.15, 0.2) is 85.1 Å². The van der Waals surface area contributed by atoms with E-state index in [0.29, 0.717) is 19.3 Å². The van der Waals surface area contributed by atoms with Gasteiger partial charge in [-0.15, -0.1) is 0 Å². The van der Waals surface area contributed by atoms with Crippen LogP contribution in [-0.2, 0) is 32.7 Å². The maximum absolute atomic E-state index is 12.6. The minimum atomic E-state index is -4.65. The molecule has 0 aromatic rings. The van der Waals surface area contributed by atoms with Gasteiger partial charge >= 0.3 is 19.8 Å². The van der Waals surface area contributed by atoms with Crippen molar-refractivity contribution in [2.75, 3.05) is 26.4 Å². The van der Waals surface area contributed by atoms with Gasteiger partial charge in [0, 0.05) is 12.8 Å². The van der Waals surface area contributed by atoms with E-state index in [4.69, 9.17) is 19.1 Å². The molecule has 0 rings (SSSR count). The summed E-state index contributed by atoms with van der Waals surface area (Å²) < 4.78 is 32.5. The quantitative estimate of drug-likeness (QED) is 0.0204. The van der Waals surface area contributed by atoms with Gasteiger partial charge in [0.1, 0.15) is 12.7 Å². The Labute approximate surface area is 337 Å². The predicted molar refractivity (Wildman–Crippen MR) is 225 cm³/mol. The minimum absolute atomic E-state index is 0.0819. The first-order valence-corrected chi connectivity index (χ1v) is 22.1. The van der Waals surface area contributed by atoms with Crippen molar-refractivity contribution in [1.82, 2.24) is 0 Å². The summed E-state index contributed by atoms with van der Waals surface area (Å²) >= 11 is 0. The zero-order valence-electron chi connectivity index (χ0n) is 34.2. The average molecular weight is 809 g/mol. The van der Waals surface area contributed by atoms with Crippen LogP contribution in [0.2, 0.25) is 0 Å². The van der Waals surface area contributed by atoms with Crippen LogP contribution >= 0.6 is 7.82 Å². The molecule has 0 aliphatic rings. The van der Waals surface area contributed by atoms with E-state index in [9.17, 15) is 29.3 Å². The third kappa shape index (κ3) is 38.0. The predicted octanol–water partition coefficient (Wildman–Crippen LogP) is 9.63. The Morgan fingerprint density at radius 2 is 1.04 bits per heavy atom. The maximum Gasteiger partial charge on any atom is 0.472 e. The highest BCUT2D eigenvalue weighted by atomic mass is 31.2. The summed E-state index contributed by atoms with van der Waals surface area (Å²) in [6, 6.07) is 0. The van der Waals surface area contributed by atoms with E-state index in [1.54, 1.807) is 0 Å². The number of hydrogen-bond acceptors (Lipinski definition) is 10. The van der Waals surface area contributed by atoms with Gasteiger partial charge < -0.3 is 29.7 Å². The van der Waals surface area contributed by atoms with E-state index in [1.807, 2.05) is 19.1 Å². The molecule has 0 spiro atoms. The average Bonchev–Trinajstić information content (AvgIpc) is 3.19. The number of phosphoric ester groups is 1. The van der Waals surface area contributed by atoms with Gasteiger partial charge in [0.05, 0.1) is 25.9 Å². The number of allylic oxidation sites excluding steroid dienone is 14. The largest absolute Gasteiger partial charge is 0.472 e. The number of aliphatic hydroxyl groups excluding tert-OH is 3. The van der Waals surface area contributed by atoms with Gasteiger partial charge in [0.2, 0.25) is 0 Å². The van der Waals surface area contributed by atoms with Crippen LogP contribution in [0.5, 0.6) is 0 Å². The lowest BCUT2D eigenvalue weighted by Gasteiger charge is -2.20. The molecule has 0 aliphatic heterocycles. The summed E-state index contributed by atoms with van der Waals surface area (Å²) in [4.78, 5) is 34.9. The molecule has 12 heteroatoms. The Morgan fingerprint density at radius 3 is 1.55 bits per heavy atom. The summed E-state index contributed by atoms with van der Waals surface area (Å²) in [7, 11) is -4.65. The molecule has 4 atom stereocenters. The number of rotatable bonds is 37. The molecule has 0 heterocycles. The number of esters is 2. The van der Waals surface area contributed by atoms with E-state index in [1.165, 1.54) is 19.3 Å². The zero-order chi connectivity index (χ0) is 41.4.